The van der Waals surface area contributed by atoms with Crippen LogP contribution in [0, 0.1) is 0 Å². The van der Waals surface area contributed by atoms with Gasteiger partial charge in [-0.15, -0.1) is 0 Å². The maximum absolute atomic E-state index is 12.1. The molecule has 2 N–H and O–H groups in total. The van der Waals surface area contributed by atoms with Crippen LogP contribution in [0.5, 0.6) is 0 Å². The number of likely N-dealkylation sites (tertiary alicyclic amines) is 1. The molecular formula is C14H20N2O3. The predicted molar refractivity (Wildman–Crippen MR) is 69.8 cm³/mol. The number of carbonyl (C=O) groups is 1. The van der Waals surface area contributed by atoms with Gasteiger partial charge in [0, 0.05) is 25.7 Å². The first kappa shape index (κ1) is 12.7. The zero-order valence-electron chi connectivity index (χ0n) is 11.0. The van der Waals surface area contributed by atoms with Crippen molar-refractivity contribution in [3.05, 3.63) is 24.2 Å². The van der Waals surface area contributed by atoms with Gasteiger partial charge in [0.1, 0.15) is 0 Å². The zero-order valence-corrected chi connectivity index (χ0v) is 11.0. The molecule has 19 heavy (non-hydrogen) atoms. The summed E-state index contributed by atoms with van der Waals surface area (Å²) >= 11 is 0. The molecule has 2 aliphatic rings. The Hall–Kier alpha value is -1.33. The smallest absolute Gasteiger partial charge is 0.289 e. The van der Waals surface area contributed by atoms with E-state index in [1.54, 1.807) is 17.0 Å². The summed E-state index contributed by atoms with van der Waals surface area (Å²) in [4.78, 5) is 13.8. The number of rotatable bonds is 4. The summed E-state index contributed by atoms with van der Waals surface area (Å²) < 4.78 is 5.12. The van der Waals surface area contributed by atoms with E-state index < -0.39 is 5.60 Å². The molecule has 1 saturated heterocycles. The van der Waals surface area contributed by atoms with Crippen molar-refractivity contribution in [3.63, 3.8) is 0 Å². The first-order valence-corrected chi connectivity index (χ1v) is 6.95. The molecule has 0 aromatic carbocycles. The van der Waals surface area contributed by atoms with Crippen molar-refractivity contribution >= 4 is 5.91 Å². The molecule has 0 atom stereocenters. The van der Waals surface area contributed by atoms with Gasteiger partial charge < -0.3 is 19.7 Å². The second-order valence-electron chi connectivity index (χ2n) is 5.65. The Morgan fingerprint density at radius 1 is 1.47 bits per heavy atom. The summed E-state index contributed by atoms with van der Waals surface area (Å²) in [7, 11) is 0. The van der Waals surface area contributed by atoms with Gasteiger partial charge >= 0.3 is 0 Å². The summed E-state index contributed by atoms with van der Waals surface area (Å²) in [6, 6.07) is 4.00. The van der Waals surface area contributed by atoms with E-state index >= 15 is 0 Å². The van der Waals surface area contributed by atoms with E-state index in [4.69, 9.17) is 4.42 Å². The first-order valence-electron chi connectivity index (χ1n) is 6.95. The number of carbonyl (C=O) groups excluding carboxylic acids is 1. The molecule has 1 aliphatic heterocycles. The van der Waals surface area contributed by atoms with Crippen molar-refractivity contribution in [2.24, 2.45) is 0 Å². The third kappa shape index (κ3) is 2.98. The summed E-state index contributed by atoms with van der Waals surface area (Å²) in [5.41, 5.74) is -0.664. The van der Waals surface area contributed by atoms with Gasteiger partial charge in [-0.25, -0.2) is 0 Å². The largest absolute Gasteiger partial charge is 0.459 e. The van der Waals surface area contributed by atoms with Crippen molar-refractivity contribution in [1.82, 2.24) is 10.2 Å². The molecule has 1 amide bonds. The third-order valence-electron chi connectivity index (χ3n) is 4.01. The minimum atomic E-state index is -0.664. The molecule has 1 aromatic rings. The molecule has 1 saturated carbocycles. The van der Waals surface area contributed by atoms with E-state index in [9.17, 15) is 9.90 Å². The fraction of sp³-hybridized carbons (Fsp3) is 0.643. The molecule has 3 rings (SSSR count). The quantitative estimate of drug-likeness (QED) is 0.851. The van der Waals surface area contributed by atoms with E-state index in [1.807, 2.05) is 0 Å². The van der Waals surface area contributed by atoms with Gasteiger partial charge in [0.05, 0.1) is 11.9 Å². The van der Waals surface area contributed by atoms with E-state index in [0.29, 0.717) is 44.3 Å². The van der Waals surface area contributed by atoms with Crippen LogP contribution in [0.4, 0.5) is 0 Å². The van der Waals surface area contributed by atoms with E-state index in [2.05, 4.69) is 5.32 Å². The molecule has 0 radical (unpaired) electrons. The lowest BCUT2D eigenvalue weighted by Gasteiger charge is -2.38. The minimum absolute atomic E-state index is 0.0813. The van der Waals surface area contributed by atoms with Gasteiger partial charge in [-0.1, -0.05) is 0 Å². The highest BCUT2D eigenvalue weighted by Crippen LogP contribution is 2.25. The number of nitrogens with one attached hydrogen (secondary N) is 1. The second kappa shape index (κ2) is 4.98. The molecule has 2 heterocycles. The van der Waals surface area contributed by atoms with E-state index in [1.165, 1.54) is 19.1 Å². The van der Waals surface area contributed by atoms with Gasteiger partial charge in [-0.2, -0.15) is 0 Å². The van der Waals surface area contributed by atoms with Crippen LogP contribution in [-0.2, 0) is 0 Å². The van der Waals surface area contributed by atoms with Crippen LogP contribution >= 0.6 is 0 Å². The topological polar surface area (TPSA) is 65.7 Å². The second-order valence-corrected chi connectivity index (χ2v) is 5.65. The van der Waals surface area contributed by atoms with E-state index in [-0.39, 0.29) is 5.91 Å². The summed E-state index contributed by atoms with van der Waals surface area (Å²) in [5, 5.41) is 13.8. The van der Waals surface area contributed by atoms with Gasteiger partial charge in [0.25, 0.3) is 5.91 Å². The number of nitrogens with zero attached hydrogens (tertiary/aromatic N) is 1. The number of furan rings is 1. The van der Waals surface area contributed by atoms with Crippen LogP contribution in [0.2, 0.25) is 0 Å². The highest BCUT2D eigenvalue weighted by Gasteiger charge is 2.35. The summed E-state index contributed by atoms with van der Waals surface area (Å²) in [5.74, 6) is 0.295. The van der Waals surface area contributed by atoms with Crippen LogP contribution in [0.3, 0.4) is 0 Å². The normalized spacial score (nSPS) is 22.5. The lowest BCUT2D eigenvalue weighted by Crippen LogP contribution is -2.51. The first-order chi connectivity index (χ1) is 9.16. The SMILES string of the molecule is O=C(c1ccco1)N1CCC(O)(CNC2CC2)CC1. The maximum atomic E-state index is 12.1. The van der Waals surface area contributed by atoms with E-state index in [0.717, 1.165) is 0 Å². The minimum Gasteiger partial charge on any atom is -0.459 e. The zero-order chi connectivity index (χ0) is 13.3. The number of hydrogen-bond donors (Lipinski definition) is 2. The van der Waals surface area contributed by atoms with Gasteiger partial charge in [0.2, 0.25) is 0 Å². The van der Waals surface area contributed by atoms with Gasteiger partial charge in [-0.05, 0) is 37.8 Å². The number of aliphatic hydroxyl groups is 1. The molecule has 5 nitrogen and oxygen atoms in total. The molecular weight excluding hydrogens is 244 g/mol. The predicted octanol–water partition coefficient (Wildman–Crippen LogP) is 0.999. The standard InChI is InChI=1S/C14H20N2O3/c17-13(12-2-1-9-19-12)16-7-5-14(18,6-8-16)10-15-11-3-4-11/h1-2,9,11,15,18H,3-8,10H2. The Balaban J connectivity index is 1.52. The van der Waals surface area contributed by atoms with Crippen LogP contribution in [0.15, 0.2) is 22.8 Å². The number of piperidine rings is 1. The van der Waals surface area contributed by atoms with Gasteiger partial charge in [-0.3, -0.25) is 4.79 Å². The Bertz CT molecular complexity index is 432. The van der Waals surface area contributed by atoms with Crippen molar-refractivity contribution in [1.29, 1.82) is 0 Å². The molecule has 0 unspecified atom stereocenters. The third-order valence-corrected chi connectivity index (χ3v) is 4.01. The molecule has 0 bridgehead atoms. The lowest BCUT2D eigenvalue weighted by molar-refractivity contribution is -0.0165. The van der Waals surface area contributed by atoms with Crippen LogP contribution in [-0.4, -0.2) is 47.2 Å². The molecule has 5 heteroatoms. The van der Waals surface area contributed by atoms with Gasteiger partial charge in [0.15, 0.2) is 5.76 Å². The Morgan fingerprint density at radius 3 is 2.79 bits per heavy atom. The van der Waals surface area contributed by atoms with Crippen molar-refractivity contribution in [3.8, 4) is 0 Å². The Kier molecular flexibility index (Phi) is 3.33. The van der Waals surface area contributed by atoms with Crippen LogP contribution < -0.4 is 5.32 Å². The van der Waals surface area contributed by atoms with Crippen molar-refractivity contribution < 1.29 is 14.3 Å². The Morgan fingerprint density at radius 2 is 2.21 bits per heavy atom. The fourth-order valence-corrected chi connectivity index (χ4v) is 2.48. The van der Waals surface area contributed by atoms with Crippen LogP contribution in [0.25, 0.3) is 0 Å². The Labute approximate surface area is 112 Å². The maximum Gasteiger partial charge on any atom is 0.289 e. The molecule has 104 valence electrons. The summed E-state index contributed by atoms with van der Waals surface area (Å²) in [6.07, 6.45) is 5.20. The number of hydrogen-bond acceptors (Lipinski definition) is 4. The molecule has 0 spiro atoms. The van der Waals surface area contributed by atoms with Crippen molar-refractivity contribution in [2.45, 2.75) is 37.3 Å². The monoisotopic (exact) mass is 264 g/mol. The molecule has 1 aromatic heterocycles. The average molecular weight is 264 g/mol. The average Bonchev–Trinajstić information content (AvgIpc) is 3.09. The lowest BCUT2D eigenvalue weighted by atomic mass is 9.91. The highest BCUT2D eigenvalue weighted by atomic mass is 16.3. The highest BCUT2D eigenvalue weighted by molar-refractivity contribution is 5.91. The molecule has 2 fully saturated rings. The fourth-order valence-electron chi connectivity index (χ4n) is 2.48. The van der Waals surface area contributed by atoms with Crippen LogP contribution in [0.1, 0.15) is 36.2 Å². The van der Waals surface area contributed by atoms with Crippen molar-refractivity contribution in [2.75, 3.05) is 19.6 Å². The summed E-state index contributed by atoms with van der Waals surface area (Å²) in [6.45, 7) is 1.81. The molecule has 1 aliphatic carbocycles. The number of amides is 1.